The second-order valence-corrected chi connectivity index (χ2v) is 6.48. The first kappa shape index (κ1) is 20.3. The van der Waals surface area contributed by atoms with Crippen molar-refractivity contribution < 1.29 is 19.0 Å². The molecular weight excluding hydrogens is 399 g/mol. The molecule has 1 N–H and O–H groups in total. The van der Waals surface area contributed by atoms with E-state index in [0.717, 1.165) is 16.3 Å². The standard InChI is InChI=1S/C21H16ClFN2O4/c1-29-19-9-6-14(11-17(19)23)18-12-16(21(27)28)20(26)25(24-18)10-2-3-13-4-7-15(22)8-5-13/h2-9,11-12H,10H2,1H3,(H,27,28)/b3-2+. The highest BCUT2D eigenvalue weighted by Crippen LogP contribution is 2.24. The Morgan fingerprint density at radius 3 is 2.59 bits per heavy atom. The summed E-state index contributed by atoms with van der Waals surface area (Å²) in [7, 11) is 1.34. The lowest BCUT2D eigenvalue weighted by molar-refractivity contribution is 0.0694. The van der Waals surface area contributed by atoms with Gasteiger partial charge < -0.3 is 9.84 Å². The SMILES string of the molecule is COc1ccc(-c2cc(C(=O)O)c(=O)n(C/C=C/c3ccc(Cl)cc3)n2)cc1F. The fraction of sp³-hybridized carbons (Fsp3) is 0.0952. The third-order valence-electron chi connectivity index (χ3n) is 4.11. The van der Waals surface area contributed by atoms with Gasteiger partial charge in [0, 0.05) is 10.6 Å². The van der Waals surface area contributed by atoms with Gasteiger partial charge in [-0.3, -0.25) is 4.79 Å². The van der Waals surface area contributed by atoms with E-state index in [9.17, 15) is 19.1 Å². The summed E-state index contributed by atoms with van der Waals surface area (Å²) in [6, 6.07) is 12.3. The Labute approximate surface area is 170 Å². The number of methoxy groups -OCH3 is 1. The maximum Gasteiger partial charge on any atom is 0.341 e. The van der Waals surface area contributed by atoms with E-state index in [1.807, 2.05) is 0 Å². The van der Waals surface area contributed by atoms with Gasteiger partial charge in [-0.25, -0.2) is 13.9 Å². The van der Waals surface area contributed by atoms with Crippen molar-refractivity contribution in [2.45, 2.75) is 6.54 Å². The zero-order chi connectivity index (χ0) is 21.0. The van der Waals surface area contributed by atoms with Crippen LogP contribution in [0.1, 0.15) is 15.9 Å². The summed E-state index contributed by atoms with van der Waals surface area (Å²) in [6.45, 7) is 0.0359. The third-order valence-corrected chi connectivity index (χ3v) is 4.36. The van der Waals surface area contributed by atoms with Crippen LogP contribution in [0.15, 0.2) is 59.4 Å². The average Bonchev–Trinajstić information content (AvgIpc) is 2.70. The van der Waals surface area contributed by atoms with Crippen LogP contribution in [0.4, 0.5) is 4.39 Å². The van der Waals surface area contributed by atoms with Crippen LogP contribution in [-0.4, -0.2) is 28.0 Å². The Morgan fingerprint density at radius 1 is 1.24 bits per heavy atom. The van der Waals surface area contributed by atoms with Crippen molar-refractivity contribution in [3.05, 3.63) is 86.9 Å². The van der Waals surface area contributed by atoms with Crippen molar-refractivity contribution in [1.82, 2.24) is 9.78 Å². The molecule has 8 heteroatoms. The number of nitrogens with zero attached hydrogens (tertiary/aromatic N) is 2. The number of aromatic carboxylic acids is 1. The van der Waals surface area contributed by atoms with Crippen LogP contribution in [0.2, 0.25) is 5.02 Å². The fourth-order valence-electron chi connectivity index (χ4n) is 2.65. The zero-order valence-corrected chi connectivity index (χ0v) is 16.1. The number of carboxylic acid groups (broad SMARTS) is 1. The molecule has 0 aliphatic heterocycles. The van der Waals surface area contributed by atoms with E-state index in [2.05, 4.69) is 5.10 Å². The molecule has 29 heavy (non-hydrogen) atoms. The molecule has 0 radical (unpaired) electrons. The van der Waals surface area contributed by atoms with E-state index in [-0.39, 0.29) is 18.0 Å². The molecule has 3 aromatic rings. The third kappa shape index (κ3) is 4.70. The summed E-state index contributed by atoms with van der Waals surface area (Å²) in [5, 5.41) is 14.2. The van der Waals surface area contributed by atoms with Crippen LogP contribution in [0, 0.1) is 5.82 Å². The summed E-state index contributed by atoms with van der Waals surface area (Å²) in [6.07, 6.45) is 3.42. The number of hydrogen-bond donors (Lipinski definition) is 1. The van der Waals surface area contributed by atoms with Crippen molar-refractivity contribution in [3.8, 4) is 17.0 Å². The summed E-state index contributed by atoms with van der Waals surface area (Å²) in [4.78, 5) is 23.9. The molecule has 1 aromatic heterocycles. The van der Waals surface area contributed by atoms with Crippen LogP contribution in [0.5, 0.6) is 5.75 Å². The number of hydrogen-bond acceptors (Lipinski definition) is 4. The van der Waals surface area contributed by atoms with Gasteiger partial charge in [0.2, 0.25) is 0 Å². The molecule has 148 valence electrons. The van der Waals surface area contributed by atoms with Crippen LogP contribution >= 0.6 is 11.6 Å². The highest BCUT2D eigenvalue weighted by atomic mass is 35.5. The second kappa shape index (κ2) is 8.70. The number of allylic oxidation sites excluding steroid dienone is 1. The summed E-state index contributed by atoms with van der Waals surface area (Å²) < 4.78 is 19.9. The molecule has 0 fully saturated rings. The van der Waals surface area contributed by atoms with E-state index in [0.29, 0.717) is 10.6 Å². The number of halogens is 2. The number of aromatic nitrogens is 2. The quantitative estimate of drug-likeness (QED) is 0.656. The molecule has 0 saturated carbocycles. The molecule has 0 bridgehead atoms. The molecule has 2 aromatic carbocycles. The lowest BCUT2D eigenvalue weighted by Crippen LogP contribution is -2.28. The highest BCUT2D eigenvalue weighted by molar-refractivity contribution is 6.30. The zero-order valence-electron chi connectivity index (χ0n) is 15.3. The average molecular weight is 415 g/mol. The first-order valence-electron chi connectivity index (χ1n) is 8.50. The first-order valence-corrected chi connectivity index (χ1v) is 8.88. The largest absolute Gasteiger partial charge is 0.494 e. The molecule has 1 heterocycles. The summed E-state index contributed by atoms with van der Waals surface area (Å²) >= 11 is 5.85. The van der Waals surface area contributed by atoms with Gasteiger partial charge in [-0.2, -0.15) is 5.10 Å². The van der Waals surface area contributed by atoms with Gasteiger partial charge in [-0.15, -0.1) is 0 Å². The van der Waals surface area contributed by atoms with Gasteiger partial charge in [0.25, 0.3) is 5.56 Å². The normalized spacial score (nSPS) is 11.0. The van der Waals surface area contributed by atoms with Crippen LogP contribution in [-0.2, 0) is 6.54 Å². The van der Waals surface area contributed by atoms with Crippen LogP contribution < -0.4 is 10.3 Å². The van der Waals surface area contributed by atoms with Gasteiger partial charge in [0.15, 0.2) is 11.6 Å². The Bertz CT molecular complexity index is 1140. The summed E-state index contributed by atoms with van der Waals surface area (Å²) in [5.41, 5.74) is 0.126. The molecule has 0 amide bonds. The minimum atomic E-state index is -1.39. The predicted molar refractivity (Wildman–Crippen MR) is 108 cm³/mol. The molecule has 0 unspecified atom stereocenters. The van der Waals surface area contributed by atoms with E-state index in [1.165, 1.54) is 25.3 Å². The topological polar surface area (TPSA) is 81.4 Å². The molecular formula is C21H16ClFN2O4. The van der Waals surface area contributed by atoms with E-state index in [4.69, 9.17) is 16.3 Å². The minimum absolute atomic E-state index is 0.0359. The summed E-state index contributed by atoms with van der Waals surface area (Å²) in [5.74, 6) is -1.96. The maximum absolute atomic E-state index is 14.0. The molecule has 6 nitrogen and oxygen atoms in total. The van der Waals surface area contributed by atoms with Gasteiger partial charge in [-0.1, -0.05) is 35.9 Å². The second-order valence-electron chi connectivity index (χ2n) is 6.04. The smallest absolute Gasteiger partial charge is 0.341 e. The molecule has 3 rings (SSSR count). The van der Waals surface area contributed by atoms with Crippen molar-refractivity contribution in [1.29, 1.82) is 0 Å². The molecule has 0 atom stereocenters. The van der Waals surface area contributed by atoms with E-state index in [1.54, 1.807) is 36.4 Å². The monoisotopic (exact) mass is 414 g/mol. The predicted octanol–water partition coefficient (Wildman–Crippen LogP) is 4.12. The van der Waals surface area contributed by atoms with Crippen molar-refractivity contribution >= 4 is 23.6 Å². The van der Waals surface area contributed by atoms with E-state index >= 15 is 0 Å². The molecule has 0 aliphatic carbocycles. The van der Waals surface area contributed by atoms with Crippen LogP contribution in [0.25, 0.3) is 17.3 Å². The first-order chi connectivity index (χ1) is 13.9. The molecule has 0 saturated heterocycles. The number of ether oxygens (including phenoxy) is 1. The lowest BCUT2D eigenvalue weighted by atomic mass is 10.1. The highest BCUT2D eigenvalue weighted by Gasteiger charge is 2.16. The van der Waals surface area contributed by atoms with Crippen molar-refractivity contribution in [3.63, 3.8) is 0 Å². The number of benzene rings is 2. The molecule has 0 aliphatic rings. The Balaban J connectivity index is 1.98. The van der Waals surface area contributed by atoms with Gasteiger partial charge >= 0.3 is 5.97 Å². The fourth-order valence-corrected chi connectivity index (χ4v) is 2.77. The Hall–Kier alpha value is -3.45. The Morgan fingerprint density at radius 2 is 1.97 bits per heavy atom. The molecule has 0 spiro atoms. The number of carbonyl (C=O) groups is 1. The lowest BCUT2D eigenvalue weighted by Gasteiger charge is -2.09. The number of rotatable bonds is 6. The van der Waals surface area contributed by atoms with Crippen molar-refractivity contribution in [2.75, 3.05) is 7.11 Å². The minimum Gasteiger partial charge on any atom is -0.494 e. The van der Waals surface area contributed by atoms with Crippen molar-refractivity contribution in [2.24, 2.45) is 0 Å². The van der Waals surface area contributed by atoms with Gasteiger partial charge in [0.1, 0.15) is 5.56 Å². The van der Waals surface area contributed by atoms with E-state index < -0.39 is 22.9 Å². The number of carboxylic acids is 1. The van der Waals surface area contributed by atoms with Gasteiger partial charge in [0.05, 0.1) is 19.3 Å². The van der Waals surface area contributed by atoms with Crippen LogP contribution in [0.3, 0.4) is 0 Å². The van der Waals surface area contributed by atoms with Gasteiger partial charge in [-0.05, 0) is 42.0 Å². The maximum atomic E-state index is 14.0. The Kier molecular flexibility index (Phi) is 6.09.